The van der Waals surface area contributed by atoms with Gasteiger partial charge in [-0.15, -0.1) is 0 Å². The highest BCUT2D eigenvalue weighted by Gasteiger charge is 2.50. The van der Waals surface area contributed by atoms with E-state index in [9.17, 15) is 19.8 Å². The van der Waals surface area contributed by atoms with E-state index >= 15 is 0 Å². The Kier molecular flexibility index (Phi) is 9.09. The normalized spacial score (nSPS) is 20.4. The fraction of sp³-hybridized carbons (Fsp3) is 0.333. The van der Waals surface area contributed by atoms with Crippen LogP contribution in [-0.4, -0.2) is 79.1 Å². The number of nitrogens with one attached hydrogen (secondary N) is 1. The van der Waals surface area contributed by atoms with Gasteiger partial charge in [-0.3, -0.25) is 9.59 Å². The quantitative estimate of drug-likeness (QED) is 0.323. The summed E-state index contributed by atoms with van der Waals surface area (Å²) in [4.78, 5) is 29.0. The summed E-state index contributed by atoms with van der Waals surface area (Å²) in [6.07, 6.45) is 0.345. The number of carbonyl (C=O) groups is 2. The number of para-hydroxylation sites is 1. The molecule has 2 amide bonds. The van der Waals surface area contributed by atoms with Crippen LogP contribution in [0.3, 0.4) is 0 Å². The molecule has 5 rings (SSSR count). The van der Waals surface area contributed by atoms with Gasteiger partial charge in [0.25, 0.3) is 0 Å². The van der Waals surface area contributed by atoms with Gasteiger partial charge in [-0.2, -0.15) is 0 Å². The number of carbonyl (C=O) groups excluding carboxylic acids is 2. The van der Waals surface area contributed by atoms with Crippen molar-refractivity contribution in [3.63, 3.8) is 0 Å². The standard InChI is InChI=1S/C33H36N2O7/c1-40-23-12-13-27(41-2)22(19-23)14-16-35(29(37)18-21-8-4-3-5-9-21)26-20-25(33(39)34-15-17-36)30-24-10-6-7-11-28(24)42-32(30)31(26)38/h3-13,19-20,26,30-32,36,38H,14-18H2,1-2H3,(H,34,39)/t26-,30+,31+,32+/m1/s1. The van der Waals surface area contributed by atoms with Crippen molar-refractivity contribution in [2.45, 2.75) is 37.0 Å². The van der Waals surface area contributed by atoms with Crippen LogP contribution in [0.4, 0.5) is 0 Å². The van der Waals surface area contributed by atoms with E-state index in [0.717, 1.165) is 16.7 Å². The molecule has 0 spiro atoms. The Labute approximate surface area is 245 Å². The molecule has 1 aliphatic heterocycles. The van der Waals surface area contributed by atoms with E-state index < -0.39 is 24.2 Å². The third kappa shape index (κ3) is 5.98. The van der Waals surface area contributed by atoms with E-state index in [1.165, 1.54) is 0 Å². The monoisotopic (exact) mass is 572 g/mol. The zero-order valence-electron chi connectivity index (χ0n) is 23.7. The second kappa shape index (κ2) is 13.1. The molecule has 42 heavy (non-hydrogen) atoms. The molecule has 9 heteroatoms. The Bertz CT molecular complexity index is 1440. The molecule has 2 aliphatic rings. The lowest BCUT2D eigenvalue weighted by atomic mass is 9.77. The molecule has 1 aliphatic carbocycles. The van der Waals surface area contributed by atoms with Crippen molar-refractivity contribution < 1.29 is 34.0 Å². The van der Waals surface area contributed by atoms with Crippen LogP contribution in [0.15, 0.2) is 84.4 Å². The van der Waals surface area contributed by atoms with E-state index in [0.29, 0.717) is 29.2 Å². The van der Waals surface area contributed by atoms with Crippen molar-refractivity contribution >= 4 is 11.8 Å². The zero-order valence-corrected chi connectivity index (χ0v) is 23.7. The van der Waals surface area contributed by atoms with Crippen LogP contribution in [0.1, 0.15) is 22.6 Å². The first-order chi connectivity index (χ1) is 20.4. The smallest absolute Gasteiger partial charge is 0.247 e. The molecule has 4 atom stereocenters. The third-order valence-corrected chi connectivity index (χ3v) is 7.87. The van der Waals surface area contributed by atoms with E-state index in [4.69, 9.17) is 14.2 Å². The molecule has 1 heterocycles. The summed E-state index contributed by atoms with van der Waals surface area (Å²) < 4.78 is 17.2. The minimum Gasteiger partial charge on any atom is -0.497 e. The molecule has 3 aromatic carbocycles. The number of fused-ring (bicyclic) bond motifs is 3. The van der Waals surface area contributed by atoms with E-state index in [1.54, 1.807) is 31.3 Å². The number of benzene rings is 3. The topological polar surface area (TPSA) is 118 Å². The summed E-state index contributed by atoms with van der Waals surface area (Å²) in [5.74, 6) is 0.818. The summed E-state index contributed by atoms with van der Waals surface area (Å²) in [7, 11) is 3.17. The Morgan fingerprint density at radius 1 is 1.00 bits per heavy atom. The van der Waals surface area contributed by atoms with Gasteiger partial charge in [0.1, 0.15) is 29.5 Å². The van der Waals surface area contributed by atoms with Crippen molar-refractivity contribution in [1.29, 1.82) is 0 Å². The molecule has 0 saturated heterocycles. The molecule has 0 saturated carbocycles. The van der Waals surface area contributed by atoms with Crippen molar-refractivity contribution in [2.75, 3.05) is 33.9 Å². The van der Waals surface area contributed by atoms with Gasteiger partial charge in [-0.1, -0.05) is 48.5 Å². The van der Waals surface area contributed by atoms with Gasteiger partial charge >= 0.3 is 0 Å². The van der Waals surface area contributed by atoms with Crippen molar-refractivity contribution in [3.8, 4) is 17.2 Å². The first-order valence-corrected chi connectivity index (χ1v) is 14.0. The summed E-state index contributed by atoms with van der Waals surface area (Å²) >= 11 is 0. The zero-order chi connectivity index (χ0) is 29.6. The van der Waals surface area contributed by atoms with Crippen LogP contribution >= 0.6 is 0 Å². The minimum absolute atomic E-state index is 0.0789. The summed E-state index contributed by atoms with van der Waals surface area (Å²) in [5.41, 5.74) is 2.87. The van der Waals surface area contributed by atoms with Gasteiger partial charge in [0.2, 0.25) is 11.8 Å². The maximum Gasteiger partial charge on any atom is 0.247 e. The Morgan fingerprint density at radius 3 is 2.50 bits per heavy atom. The van der Waals surface area contributed by atoms with E-state index in [2.05, 4.69) is 5.32 Å². The first kappa shape index (κ1) is 29.2. The largest absolute Gasteiger partial charge is 0.497 e. The fourth-order valence-corrected chi connectivity index (χ4v) is 5.82. The molecular weight excluding hydrogens is 536 g/mol. The highest BCUT2D eigenvalue weighted by atomic mass is 16.5. The van der Waals surface area contributed by atoms with Gasteiger partial charge in [-0.05, 0) is 47.9 Å². The lowest BCUT2D eigenvalue weighted by Crippen LogP contribution is -2.56. The van der Waals surface area contributed by atoms with Gasteiger partial charge in [0, 0.05) is 24.2 Å². The Morgan fingerprint density at radius 2 is 1.76 bits per heavy atom. The molecule has 0 fully saturated rings. The summed E-state index contributed by atoms with van der Waals surface area (Å²) in [6, 6.07) is 21.5. The lowest BCUT2D eigenvalue weighted by Gasteiger charge is -2.41. The van der Waals surface area contributed by atoms with Crippen molar-refractivity contribution in [1.82, 2.24) is 10.2 Å². The van der Waals surface area contributed by atoms with Crippen molar-refractivity contribution in [2.24, 2.45) is 0 Å². The van der Waals surface area contributed by atoms with Crippen LogP contribution in [0, 0.1) is 0 Å². The fourth-order valence-electron chi connectivity index (χ4n) is 5.82. The third-order valence-electron chi connectivity index (χ3n) is 7.87. The number of hydrogen-bond acceptors (Lipinski definition) is 7. The van der Waals surface area contributed by atoms with Crippen LogP contribution < -0.4 is 19.5 Å². The predicted molar refractivity (Wildman–Crippen MR) is 157 cm³/mol. The van der Waals surface area contributed by atoms with Crippen LogP contribution in [0.5, 0.6) is 17.2 Å². The number of amides is 2. The number of nitrogens with zero attached hydrogens (tertiary/aromatic N) is 1. The molecule has 0 aromatic heterocycles. The van der Waals surface area contributed by atoms with Gasteiger partial charge < -0.3 is 34.6 Å². The number of hydrogen-bond donors (Lipinski definition) is 3. The molecule has 0 bridgehead atoms. The highest BCUT2D eigenvalue weighted by Crippen LogP contribution is 2.47. The molecule has 3 N–H and O–H groups in total. The minimum atomic E-state index is -1.11. The number of aliphatic hydroxyl groups excluding tert-OH is 2. The summed E-state index contributed by atoms with van der Waals surface area (Å²) in [6.45, 7) is 0.106. The van der Waals surface area contributed by atoms with Gasteiger partial charge in [0.15, 0.2) is 0 Å². The maximum absolute atomic E-state index is 14.0. The van der Waals surface area contributed by atoms with Gasteiger partial charge in [-0.25, -0.2) is 0 Å². The number of rotatable bonds is 11. The maximum atomic E-state index is 14.0. The Balaban J connectivity index is 1.53. The van der Waals surface area contributed by atoms with Crippen LogP contribution in [0.2, 0.25) is 0 Å². The van der Waals surface area contributed by atoms with E-state index in [1.807, 2.05) is 66.7 Å². The molecule has 3 aromatic rings. The molecule has 9 nitrogen and oxygen atoms in total. The SMILES string of the molecule is COc1ccc(OC)c(CCN(C(=O)Cc2ccccc2)[C@@H]2C=C(C(=O)NCCO)[C@@H]3c4ccccc4O[C@@H]3[C@H]2O)c1. The van der Waals surface area contributed by atoms with Crippen molar-refractivity contribution in [3.05, 3.63) is 101 Å². The highest BCUT2D eigenvalue weighted by molar-refractivity contribution is 5.96. The molecule has 220 valence electrons. The van der Waals surface area contributed by atoms with Gasteiger partial charge in [0.05, 0.1) is 39.2 Å². The Hall–Kier alpha value is -4.34. The average Bonchev–Trinajstić information content (AvgIpc) is 3.41. The average molecular weight is 573 g/mol. The summed E-state index contributed by atoms with van der Waals surface area (Å²) in [5, 5.41) is 23.9. The number of ether oxygens (including phenoxy) is 3. The first-order valence-electron chi connectivity index (χ1n) is 14.0. The second-order valence-corrected chi connectivity index (χ2v) is 10.4. The van der Waals surface area contributed by atoms with Crippen LogP contribution in [0.25, 0.3) is 0 Å². The lowest BCUT2D eigenvalue weighted by molar-refractivity contribution is -0.136. The van der Waals surface area contributed by atoms with Crippen LogP contribution in [-0.2, 0) is 22.4 Å². The second-order valence-electron chi connectivity index (χ2n) is 10.4. The number of aliphatic hydroxyl groups is 2. The molecular formula is C33H36N2O7. The number of methoxy groups -OCH3 is 2. The van der Waals surface area contributed by atoms with E-state index in [-0.39, 0.29) is 37.9 Å². The molecule has 0 radical (unpaired) electrons. The molecule has 0 unspecified atom stereocenters. The predicted octanol–water partition coefficient (Wildman–Crippen LogP) is 2.64.